The molecule has 1 saturated carbocycles. The lowest BCUT2D eigenvalue weighted by Gasteiger charge is -2.35. The second kappa shape index (κ2) is 11.0. The SMILES string of the molecule is CC(C)(C)OC(=O)N1CCOCC1C(=O)Nc1ccc(-c2ccc(-c3cnc(C4CCCC4)[nH]3)cc2)cc1. The maximum atomic E-state index is 13.0. The van der Waals surface area contributed by atoms with Crippen LogP contribution in [0.2, 0.25) is 0 Å². The number of rotatable bonds is 5. The molecule has 0 radical (unpaired) electrons. The first-order valence-corrected chi connectivity index (χ1v) is 13.4. The fourth-order valence-corrected chi connectivity index (χ4v) is 5.06. The normalized spacial score (nSPS) is 18.4. The molecule has 0 spiro atoms. The summed E-state index contributed by atoms with van der Waals surface area (Å²) in [7, 11) is 0. The molecule has 0 bridgehead atoms. The lowest BCUT2D eigenvalue weighted by atomic mass is 10.0. The Labute approximate surface area is 223 Å². The van der Waals surface area contributed by atoms with Gasteiger partial charge >= 0.3 is 6.09 Å². The number of benzene rings is 2. The van der Waals surface area contributed by atoms with Crippen LogP contribution in [0.25, 0.3) is 22.4 Å². The Hall–Kier alpha value is -3.65. The van der Waals surface area contributed by atoms with E-state index in [0.29, 0.717) is 24.8 Å². The van der Waals surface area contributed by atoms with Crippen LogP contribution in [0.4, 0.5) is 10.5 Å². The summed E-state index contributed by atoms with van der Waals surface area (Å²) < 4.78 is 11.0. The monoisotopic (exact) mass is 516 g/mol. The van der Waals surface area contributed by atoms with E-state index in [1.54, 1.807) is 20.8 Å². The second-order valence-corrected chi connectivity index (χ2v) is 11.1. The number of carbonyl (C=O) groups excluding carboxylic acids is 2. The summed E-state index contributed by atoms with van der Waals surface area (Å²) in [5.74, 6) is 1.37. The molecule has 1 aliphatic heterocycles. The number of carbonyl (C=O) groups is 2. The second-order valence-electron chi connectivity index (χ2n) is 11.1. The summed E-state index contributed by atoms with van der Waals surface area (Å²) in [6, 6.07) is 15.3. The maximum absolute atomic E-state index is 13.0. The van der Waals surface area contributed by atoms with E-state index < -0.39 is 17.7 Å². The average molecular weight is 517 g/mol. The summed E-state index contributed by atoms with van der Waals surface area (Å²) in [5, 5.41) is 2.91. The number of imidazole rings is 1. The number of nitrogens with one attached hydrogen (secondary N) is 2. The summed E-state index contributed by atoms with van der Waals surface area (Å²) in [6.07, 6.45) is 6.44. The zero-order valence-electron chi connectivity index (χ0n) is 22.3. The van der Waals surface area contributed by atoms with Crippen molar-refractivity contribution in [3.8, 4) is 22.4 Å². The fraction of sp³-hybridized carbons (Fsp3) is 0.433. The average Bonchev–Trinajstić information content (AvgIpc) is 3.61. The molecule has 1 aromatic heterocycles. The minimum atomic E-state index is -0.748. The highest BCUT2D eigenvalue weighted by Crippen LogP contribution is 2.33. The van der Waals surface area contributed by atoms with E-state index in [-0.39, 0.29) is 12.5 Å². The van der Waals surface area contributed by atoms with Gasteiger partial charge < -0.3 is 19.8 Å². The van der Waals surface area contributed by atoms with Gasteiger partial charge in [0, 0.05) is 18.2 Å². The number of nitrogens with zero attached hydrogens (tertiary/aromatic N) is 2. The number of aromatic amines is 1. The third kappa shape index (κ3) is 6.07. The van der Waals surface area contributed by atoms with Gasteiger partial charge in [-0.3, -0.25) is 9.69 Å². The third-order valence-corrected chi connectivity index (χ3v) is 7.08. The summed E-state index contributed by atoms with van der Waals surface area (Å²) in [4.78, 5) is 35.2. The molecule has 1 atom stereocenters. The van der Waals surface area contributed by atoms with Gasteiger partial charge in [0.25, 0.3) is 0 Å². The first-order valence-electron chi connectivity index (χ1n) is 13.4. The molecule has 200 valence electrons. The molecule has 2 N–H and O–H groups in total. The van der Waals surface area contributed by atoms with Crippen LogP contribution < -0.4 is 5.32 Å². The van der Waals surface area contributed by atoms with Gasteiger partial charge in [0.2, 0.25) is 5.91 Å². The number of hydrogen-bond donors (Lipinski definition) is 2. The number of aromatic nitrogens is 2. The number of H-pyrrole nitrogens is 1. The first-order chi connectivity index (χ1) is 18.3. The van der Waals surface area contributed by atoms with Crippen molar-refractivity contribution in [2.75, 3.05) is 25.1 Å². The van der Waals surface area contributed by atoms with Gasteiger partial charge in [0.05, 0.1) is 25.1 Å². The molecule has 5 rings (SSSR count). The van der Waals surface area contributed by atoms with Crippen LogP contribution >= 0.6 is 0 Å². The lowest BCUT2D eigenvalue weighted by Crippen LogP contribution is -2.55. The standard InChI is InChI=1S/C30H36N4O4/c1-30(2,3)38-29(36)34-16-17-37-19-26(34)28(35)32-24-14-12-21(13-15-24)20-8-10-22(11-9-20)25-18-31-27(33-25)23-6-4-5-7-23/h8-15,18,23,26H,4-7,16-17,19H2,1-3H3,(H,31,33)(H,32,35). The van der Waals surface area contributed by atoms with Gasteiger partial charge in [-0.15, -0.1) is 0 Å². The number of anilines is 1. The molecular weight excluding hydrogens is 480 g/mol. The Kier molecular flexibility index (Phi) is 7.51. The van der Waals surface area contributed by atoms with Gasteiger partial charge in [-0.05, 0) is 62.4 Å². The first kappa shape index (κ1) is 26.0. The molecule has 2 amide bonds. The summed E-state index contributed by atoms with van der Waals surface area (Å²) in [6.45, 7) is 6.23. The molecule has 2 fully saturated rings. The van der Waals surface area contributed by atoms with E-state index in [1.165, 1.54) is 30.6 Å². The largest absolute Gasteiger partial charge is 0.444 e. The van der Waals surface area contributed by atoms with E-state index in [1.807, 2.05) is 30.5 Å². The Morgan fingerprint density at radius 1 is 1.00 bits per heavy atom. The van der Waals surface area contributed by atoms with Crippen LogP contribution in [0.15, 0.2) is 54.7 Å². The minimum Gasteiger partial charge on any atom is -0.444 e. The molecular formula is C30H36N4O4. The van der Waals surface area contributed by atoms with E-state index in [0.717, 1.165) is 28.2 Å². The Bertz CT molecular complexity index is 1250. The minimum absolute atomic E-state index is 0.133. The zero-order chi connectivity index (χ0) is 26.7. The summed E-state index contributed by atoms with van der Waals surface area (Å²) >= 11 is 0. The van der Waals surface area contributed by atoms with Gasteiger partial charge in [-0.25, -0.2) is 9.78 Å². The quantitative estimate of drug-likeness (QED) is 0.435. The highest BCUT2D eigenvalue weighted by molar-refractivity contribution is 5.97. The summed E-state index contributed by atoms with van der Waals surface area (Å²) in [5.41, 5.74) is 4.30. The zero-order valence-corrected chi connectivity index (χ0v) is 22.3. The number of ether oxygens (including phenoxy) is 2. The third-order valence-electron chi connectivity index (χ3n) is 7.08. The van der Waals surface area contributed by atoms with Crippen molar-refractivity contribution >= 4 is 17.7 Å². The Morgan fingerprint density at radius 3 is 2.29 bits per heavy atom. The molecule has 3 aromatic rings. The fourth-order valence-electron chi connectivity index (χ4n) is 5.06. The van der Waals surface area contributed by atoms with Crippen molar-refractivity contribution in [1.82, 2.24) is 14.9 Å². The number of amides is 2. The van der Waals surface area contributed by atoms with Crippen molar-refractivity contribution in [3.05, 3.63) is 60.6 Å². The topological polar surface area (TPSA) is 96.5 Å². The molecule has 2 heterocycles. The van der Waals surface area contributed by atoms with Crippen molar-refractivity contribution in [1.29, 1.82) is 0 Å². The van der Waals surface area contributed by atoms with Crippen LogP contribution in [0, 0.1) is 0 Å². The predicted molar refractivity (Wildman–Crippen MR) is 147 cm³/mol. The molecule has 1 unspecified atom stereocenters. The van der Waals surface area contributed by atoms with Crippen LogP contribution in [0.5, 0.6) is 0 Å². The van der Waals surface area contributed by atoms with Gasteiger partial charge in [0.1, 0.15) is 17.5 Å². The van der Waals surface area contributed by atoms with Crippen molar-refractivity contribution < 1.29 is 19.1 Å². The smallest absolute Gasteiger partial charge is 0.411 e. The van der Waals surface area contributed by atoms with E-state index in [4.69, 9.17) is 9.47 Å². The van der Waals surface area contributed by atoms with Crippen LogP contribution in [0.1, 0.15) is 58.2 Å². The van der Waals surface area contributed by atoms with E-state index in [9.17, 15) is 9.59 Å². The van der Waals surface area contributed by atoms with E-state index >= 15 is 0 Å². The predicted octanol–water partition coefficient (Wildman–Crippen LogP) is 5.98. The highest BCUT2D eigenvalue weighted by atomic mass is 16.6. The van der Waals surface area contributed by atoms with Crippen molar-refractivity contribution in [2.45, 2.75) is 64.0 Å². The van der Waals surface area contributed by atoms with E-state index in [2.05, 4.69) is 39.6 Å². The molecule has 8 nitrogen and oxygen atoms in total. The molecule has 2 aliphatic rings. The van der Waals surface area contributed by atoms with Crippen LogP contribution in [-0.4, -0.2) is 58.3 Å². The molecule has 8 heteroatoms. The van der Waals surface area contributed by atoms with Crippen LogP contribution in [0.3, 0.4) is 0 Å². The van der Waals surface area contributed by atoms with Gasteiger partial charge in [-0.2, -0.15) is 0 Å². The Balaban J connectivity index is 1.22. The van der Waals surface area contributed by atoms with Gasteiger partial charge in [0.15, 0.2) is 0 Å². The van der Waals surface area contributed by atoms with Crippen LogP contribution in [-0.2, 0) is 14.3 Å². The number of hydrogen-bond acceptors (Lipinski definition) is 5. The lowest BCUT2D eigenvalue weighted by molar-refractivity contribution is -0.127. The molecule has 1 aliphatic carbocycles. The highest BCUT2D eigenvalue weighted by Gasteiger charge is 2.35. The van der Waals surface area contributed by atoms with Gasteiger partial charge in [-0.1, -0.05) is 49.2 Å². The Morgan fingerprint density at radius 2 is 1.63 bits per heavy atom. The van der Waals surface area contributed by atoms with Crippen molar-refractivity contribution in [3.63, 3.8) is 0 Å². The molecule has 2 aromatic carbocycles. The molecule has 1 saturated heterocycles. The number of morpholine rings is 1. The molecule has 38 heavy (non-hydrogen) atoms. The maximum Gasteiger partial charge on any atom is 0.411 e. The van der Waals surface area contributed by atoms with Crippen molar-refractivity contribution in [2.24, 2.45) is 0 Å².